The predicted molar refractivity (Wildman–Crippen MR) is 102 cm³/mol. The molecule has 1 amide bonds. The predicted octanol–water partition coefficient (Wildman–Crippen LogP) is 2.97. The molecule has 2 unspecified atom stereocenters. The minimum atomic E-state index is -0.274. The zero-order valence-corrected chi connectivity index (χ0v) is 16.7. The van der Waals surface area contributed by atoms with E-state index in [-0.39, 0.29) is 18.1 Å². The van der Waals surface area contributed by atoms with Gasteiger partial charge in [0, 0.05) is 13.1 Å². The monoisotopic (exact) mass is 378 g/mol. The van der Waals surface area contributed by atoms with Gasteiger partial charge in [0.05, 0.1) is 12.9 Å². The van der Waals surface area contributed by atoms with E-state index in [0.29, 0.717) is 16.7 Å². The highest BCUT2D eigenvalue weighted by molar-refractivity contribution is 7.99. The fourth-order valence-corrected chi connectivity index (χ4v) is 2.99. The average Bonchev–Trinajstić information content (AvgIpc) is 3.01. The smallest absolute Gasteiger partial charge is 0.230 e. The molecule has 0 radical (unpaired) electrons. The molecular formula is C18H26N4O3S. The van der Waals surface area contributed by atoms with Crippen LogP contribution in [-0.4, -0.2) is 39.6 Å². The number of thioether (sulfide) groups is 1. The number of methoxy groups -OCH3 is 1. The fraction of sp³-hybridized carbons (Fsp3) is 0.500. The van der Waals surface area contributed by atoms with Gasteiger partial charge >= 0.3 is 0 Å². The van der Waals surface area contributed by atoms with Crippen molar-refractivity contribution in [2.24, 2.45) is 7.05 Å². The number of nitrogens with zero attached hydrogens (tertiary/aromatic N) is 3. The van der Waals surface area contributed by atoms with Crippen molar-refractivity contribution in [3.05, 3.63) is 30.1 Å². The molecule has 0 bridgehead atoms. The highest BCUT2D eigenvalue weighted by atomic mass is 32.2. The van der Waals surface area contributed by atoms with Gasteiger partial charge in [-0.1, -0.05) is 18.7 Å². The number of carbonyl (C=O) groups is 1. The molecule has 7 nitrogen and oxygen atoms in total. The number of hydrogen-bond acceptors (Lipinski definition) is 6. The number of ether oxygens (including phenoxy) is 2. The molecule has 0 saturated heterocycles. The first-order chi connectivity index (χ1) is 12.4. The van der Waals surface area contributed by atoms with E-state index in [2.05, 4.69) is 15.5 Å². The molecule has 142 valence electrons. The second-order valence-corrected chi connectivity index (χ2v) is 6.94. The number of hydrogen-bond donors (Lipinski definition) is 1. The summed E-state index contributed by atoms with van der Waals surface area (Å²) < 4.78 is 12.9. The fourth-order valence-electron chi connectivity index (χ4n) is 2.27. The molecule has 0 aliphatic rings. The lowest BCUT2D eigenvalue weighted by Crippen LogP contribution is -2.33. The molecule has 0 spiro atoms. The van der Waals surface area contributed by atoms with E-state index < -0.39 is 0 Å². The van der Waals surface area contributed by atoms with Crippen molar-refractivity contribution in [1.29, 1.82) is 0 Å². The maximum absolute atomic E-state index is 11.9. The van der Waals surface area contributed by atoms with Crippen molar-refractivity contribution in [1.82, 2.24) is 20.1 Å². The van der Waals surface area contributed by atoms with Crippen LogP contribution in [0.15, 0.2) is 29.4 Å². The first kappa shape index (κ1) is 20.1. The number of carbonyl (C=O) groups excluding carboxylic acids is 1. The Bertz CT molecular complexity index is 718. The Balaban J connectivity index is 1.95. The normalized spacial score (nSPS) is 13.1. The van der Waals surface area contributed by atoms with Gasteiger partial charge in [0.1, 0.15) is 11.5 Å². The number of rotatable bonds is 9. The number of nitrogens with one attached hydrogen (secondary N) is 1. The third-order valence-electron chi connectivity index (χ3n) is 3.96. The van der Waals surface area contributed by atoms with Crippen LogP contribution in [0.25, 0.3) is 0 Å². The summed E-state index contributed by atoms with van der Waals surface area (Å²) in [5, 5.41) is 12.0. The van der Waals surface area contributed by atoms with Gasteiger partial charge < -0.3 is 19.4 Å². The Morgan fingerprint density at radius 3 is 2.50 bits per heavy atom. The van der Waals surface area contributed by atoms with Crippen LogP contribution in [0, 0.1) is 0 Å². The van der Waals surface area contributed by atoms with Crippen LogP contribution >= 0.6 is 11.8 Å². The van der Waals surface area contributed by atoms with Crippen molar-refractivity contribution in [2.45, 2.75) is 44.5 Å². The molecule has 0 aliphatic heterocycles. The minimum absolute atomic E-state index is 0.00330. The van der Waals surface area contributed by atoms with Crippen molar-refractivity contribution in [3.8, 4) is 11.5 Å². The lowest BCUT2D eigenvalue weighted by atomic mass is 10.3. The quantitative estimate of drug-likeness (QED) is 0.676. The molecule has 1 aromatic carbocycles. The topological polar surface area (TPSA) is 78.3 Å². The van der Waals surface area contributed by atoms with Crippen molar-refractivity contribution in [2.75, 3.05) is 12.9 Å². The minimum Gasteiger partial charge on any atom is -0.497 e. The van der Waals surface area contributed by atoms with E-state index in [1.165, 1.54) is 11.8 Å². The molecule has 1 aromatic heterocycles. The maximum atomic E-state index is 11.9. The highest BCUT2D eigenvalue weighted by Crippen LogP contribution is 2.25. The van der Waals surface area contributed by atoms with Gasteiger partial charge in [0.25, 0.3) is 0 Å². The molecule has 1 N–H and O–H groups in total. The first-order valence-electron chi connectivity index (χ1n) is 8.56. The molecule has 1 heterocycles. The van der Waals surface area contributed by atoms with E-state index in [1.54, 1.807) is 7.11 Å². The summed E-state index contributed by atoms with van der Waals surface area (Å²) in [6.07, 6.45) is 0.634. The van der Waals surface area contributed by atoms with Crippen molar-refractivity contribution in [3.63, 3.8) is 0 Å². The Kier molecular flexibility index (Phi) is 7.32. The molecule has 2 rings (SSSR count). The summed E-state index contributed by atoms with van der Waals surface area (Å²) in [4.78, 5) is 11.9. The van der Waals surface area contributed by atoms with Crippen LogP contribution in [0.5, 0.6) is 11.5 Å². The molecule has 26 heavy (non-hydrogen) atoms. The van der Waals surface area contributed by atoms with E-state index in [9.17, 15) is 4.79 Å². The molecule has 0 fully saturated rings. The molecule has 2 aromatic rings. The van der Waals surface area contributed by atoms with Gasteiger partial charge in [-0.05, 0) is 44.5 Å². The van der Waals surface area contributed by atoms with Gasteiger partial charge in [0.2, 0.25) is 5.91 Å². The lowest BCUT2D eigenvalue weighted by molar-refractivity contribution is -0.119. The number of amides is 1. The van der Waals surface area contributed by atoms with E-state index in [0.717, 1.165) is 17.9 Å². The summed E-state index contributed by atoms with van der Waals surface area (Å²) in [6, 6.07) is 7.56. The summed E-state index contributed by atoms with van der Waals surface area (Å²) in [7, 11) is 3.50. The molecule has 0 saturated carbocycles. The standard InChI is InChI=1S/C18H26N4O3S/c1-6-12(2)19-16(23)11-26-18-21-20-17(22(18)4)13(3)25-15-9-7-14(24-5)8-10-15/h7-10,12-13H,6,11H2,1-5H3,(H,19,23). The molecule has 0 aliphatic carbocycles. The van der Waals surface area contributed by atoms with Gasteiger partial charge in [-0.3, -0.25) is 4.79 Å². The van der Waals surface area contributed by atoms with Gasteiger partial charge in [0.15, 0.2) is 17.1 Å². The SMILES string of the molecule is CCC(C)NC(=O)CSc1nnc(C(C)Oc2ccc(OC)cc2)n1C. The van der Waals surface area contributed by atoms with E-state index in [4.69, 9.17) is 9.47 Å². The Morgan fingerprint density at radius 2 is 1.88 bits per heavy atom. The lowest BCUT2D eigenvalue weighted by Gasteiger charge is -2.14. The second-order valence-electron chi connectivity index (χ2n) is 6.00. The third kappa shape index (κ3) is 5.39. The van der Waals surface area contributed by atoms with Crippen molar-refractivity contribution < 1.29 is 14.3 Å². The van der Waals surface area contributed by atoms with E-state index in [1.807, 2.05) is 56.7 Å². The van der Waals surface area contributed by atoms with Crippen molar-refractivity contribution >= 4 is 17.7 Å². The Hall–Kier alpha value is -2.22. The average molecular weight is 378 g/mol. The van der Waals surface area contributed by atoms with Crippen LogP contribution in [0.1, 0.15) is 39.1 Å². The molecule has 8 heteroatoms. The number of aromatic nitrogens is 3. The van der Waals surface area contributed by atoms with Crippen LogP contribution in [0.4, 0.5) is 0 Å². The summed E-state index contributed by atoms with van der Waals surface area (Å²) >= 11 is 1.36. The summed E-state index contributed by atoms with van der Waals surface area (Å²) in [5.74, 6) is 2.51. The Morgan fingerprint density at radius 1 is 1.23 bits per heavy atom. The number of benzene rings is 1. The molecular weight excluding hydrogens is 352 g/mol. The van der Waals surface area contributed by atoms with Gasteiger partial charge in [-0.2, -0.15) is 0 Å². The van der Waals surface area contributed by atoms with E-state index >= 15 is 0 Å². The molecule has 2 atom stereocenters. The van der Waals surface area contributed by atoms with Crippen LogP contribution < -0.4 is 14.8 Å². The zero-order chi connectivity index (χ0) is 19.1. The first-order valence-corrected chi connectivity index (χ1v) is 9.55. The van der Waals surface area contributed by atoms with Crippen LogP contribution in [-0.2, 0) is 11.8 Å². The summed E-state index contributed by atoms with van der Waals surface area (Å²) in [6.45, 7) is 5.94. The third-order valence-corrected chi connectivity index (χ3v) is 4.98. The largest absolute Gasteiger partial charge is 0.497 e. The maximum Gasteiger partial charge on any atom is 0.230 e. The highest BCUT2D eigenvalue weighted by Gasteiger charge is 2.18. The van der Waals surface area contributed by atoms with Crippen LogP contribution in [0.3, 0.4) is 0 Å². The van der Waals surface area contributed by atoms with Crippen LogP contribution in [0.2, 0.25) is 0 Å². The van der Waals surface area contributed by atoms with Gasteiger partial charge in [-0.15, -0.1) is 10.2 Å². The second kappa shape index (κ2) is 9.47. The summed E-state index contributed by atoms with van der Waals surface area (Å²) in [5.41, 5.74) is 0. The zero-order valence-electron chi connectivity index (χ0n) is 15.9. The van der Waals surface area contributed by atoms with Gasteiger partial charge in [-0.25, -0.2) is 0 Å². The Labute approximate surface area is 158 Å².